The van der Waals surface area contributed by atoms with Crippen molar-refractivity contribution < 1.29 is 34.1 Å². The van der Waals surface area contributed by atoms with E-state index in [4.69, 9.17) is 9.47 Å². The first kappa shape index (κ1) is 31.4. The number of phenols is 1. The maximum atomic E-state index is 14.1. The van der Waals surface area contributed by atoms with Crippen molar-refractivity contribution in [2.24, 2.45) is 0 Å². The summed E-state index contributed by atoms with van der Waals surface area (Å²) in [6, 6.07) is 19.3. The first-order valence-electron chi connectivity index (χ1n) is 14.5. The summed E-state index contributed by atoms with van der Waals surface area (Å²) < 4.78 is 10.8. The zero-order chi connectivity index (χ0) is 32.1. The standard InChI is InChI=1S/C33H37N5O7/c1-4-16-36(32(42)34-19-24-8-6-5-7-9-24)37-21-30(40)38-27(17-23-10-13-26(39)14-11-23)31(41)35(22-33(37,38)43)20-25-12-15-28(44-2)29(18-25)45-3/h4-15,18,27,39,43H,1,16-17,19-22H2,2-3H3,(H,34,42)/t27-,33-/m0/s1. The van der Waals surface area contributed by atoms with Crippen LogP contribution in [0, 0.1) is 0 Å². The van der Waals surface area contributed by atoms with Crippen LogP contribution in [0.15, 0.2) is 85.5 Å². The van der Waals surface area contributed by atoms with Crippen molar-refractivity contribution in [1.82, 2.24) is 25.1 Å². The van der Waals surface area contributed by atoms with Gasteiger partial charge in [-0.05, 0) is 41.0 Å². The van der Waals surface area contributed by atoms with Crippen LogP contribution < -0.4 is 14.8 Å². The minimum Gasteiger partial charge on any atom is -0.508 e. The number of benzene rings is 3. The number of rotatable bonds is 11. The number of nitrogens with one attached hydrogen (secondary N) is 1. The van der Waals surface area contributed by atoms with Crippen molar-refractivity contribution in [2.45, 2.75) is 31.4 Å². The minimum absolute atomic E-state index is 0.00366. The summed E-state index contributed by atoms with van der Waals surface area (Å²) in [5.74, 6) is -1.88. The molecule has 4 amide bonds. The fourth-order valence-electron chi connectivity index (χ4n) is 5.82. The number of hydrogen-bond donors (Lipinski definition) is 3. The second-order valence-electron chi connectivity index (χ2n) is 10.9. The van der Waals surface area contributed by atoms with Crippen molar-refractivity contribution in [3.8, 4) is 17.2 Å². The van der Waals surface area contributed by atoms with Crippen LogP contribution in [0.4, 0.5) is 4.79 Å². The largest absolute Gasteiger partial charge is 0.508 e. The minimum atomic E-state index is -2.06. The van der Waals surface area contributed by atoms with E-state index >= 15 is 0 Å². The lowest BCUT2D eigenvalue weighted by molar-refractivity contribution is -0.258. The summed E-state index contributed by atoms with van der Waals surface area (Å²) in [7, 11) is 3.04. The van der Waals surface area contributed by atoms with E-state index in [9.17, 15) is 24.6 Å². The smallest absolute Gasteiger partial charge is 0.332 e. The maximum Gasteiger partial charge on any atom is 0.332 e. The zero-order valence-corrected chi connectivity index (χ0v) is 25.3. The van der Waals surface area contributed by atoms with Crippen LogP contribution in [0.3, 0.4) is 0 Å². The van der Waals surface area contributed by atoms with Gasteiger partial charge in [-0.3, -0.25) is 14.5 Å². The number of piperazine rings is 1. The van der Waals surface area contributed by atoms with Crippen LogP contribution >= 0.6 is 0 Å². The summed E-state index contributed by atoms with van der Waals surface area (Å²) in [6.07, 6.45) is 1.58. The SMILES string of the molecule is C=CCN(C(=O)NCc1ccccc1)N1CC(=O)N2[C@@H](Cc3ccc(O)cc3)C(=O)N(Cc3ccc(OC)c(OC)c3)C[C@@]21O. The molecule has 3 aromatic rings. The predicted molar refractivity (Wildman–Crippen MR) is 165 cm³/mol. The van der Waals surface area contributed by atoms with Crippen LogP contribution in [0.1, 0.15) is 16.7 Å². The fraction of sp³-hybridized carbons (Fsp3) is 0.303. The highest BCUT2D eigenvalue weighted by Crippen LogP contribution is 2.37. The Kier molecular flexibility index (Phi) is 9.26. The highest BCUT2D eigenvalue weighted by molar-refractivity contribution is 5.92. The Morgan fingerprint density at radius 3 is 2.38 bits per heavy atom. The zero-order valence-electron chi connectivity index (χ0n) is 25.3. The first-order chi connectivity index (χ1) is 21.7. The van der Waals surface area contributed by atoms with Gasteiger partial charge in [-0.2, -0.15) is 5.01 Å². The third-order valence-corrected chi connectivity index (χ3v) is 7.97. The van der Waals surface area contributed by atoms with Gasteiger partial charge in [0, 0.05) is 19.5 Å². The number of ether oxygens (including phenoxy) is 2. The number of aliphatic hydroxyl groups is 1. The van der Waals surface area contributed by atoms with Crippen molar-refractivity contribution in [3.63, 3.8) is 0 Å². The fourth-order valence-corrected chi connectivity index (χ4v) is 5.82. The Labute approximate surface area is 261 Å². The molecule has 45 heavy (non-hydrogen) atoms. The molecule has 2 fully saturated rings. The Bertz CT molecular complexity index is 1550. The Morgan fingerprint density at radius 2 is 1.71 bits per heavy atom. The van der Waals surface area contributed by atoms with Crippen molar-refractivity contribution >= 4 is 17.8 Å². The Hall–Kier alpha value is -5.07. The molecule has 2 saturated heterocycles. The van der Waals surface area contributed by atoms with Gasteiger partial charge in [0.15, 0.2) is 11.5 Å². The summed E-state index contributed by atoms with van der Waals surface area (Å²) in [5, 5.41) is 27.6. The van der Waals surface area contributed by atoms with Gasteiger partial charge in [0.1, 0.15) is 18.3 Å². The lowest BCUT2D eigenvalue weighted by Gasteiger charge is -2.51. The molecule has 0 unspecified atom stereocenters. The van der Waals surface area contributed by atoms with E-state index in [0.717, 1.165) is 5.56 Å². The van der Waals surface area contributed by atoms with Gasteiger partial charge in [0.05, 0.1) is 27.3 Å². The molecule has 2 heterocycles. The molecule has 5 rings (SSSR count). The second kappa shape index (κ2) is 13.3. The van der Waals surface area contributed by atoms with Crippen LogP contribution in [0.25, 0.3) is 0 Å². The number of fused-ring (bicyclic) bond motifs is 1. The highest BCUT2D eigenvalue weighted by atomic mass is 16.5. The van der Waals surface area contributed by atoms with Gasteiger partial charge in [-0.25, -0.2) is 9.80 Å². The van der Waals surface area contributed by atoms with E-state index in [-0.39, 0.29) is 50.8 Å². The molecule has 0 radical (unpaired) electrons. The van der Waals surface area contributed by atoms with E-state index < -0.39 is 23.8 Å². The number of amides is 4. The molecule has 236 valence electrons. The summed E-state index contributed by atoms with van der Waals surface area (Å²) >= 11 is 0. The number of β-amino-alcohol motifs (C(OH)–C–C–N with tert-alkyl or cyclic N) is 1. The van der Waals surface area contributed by atoms with E-state index in [1.54, 1.807) is 30.3 Å². The van der Waals surface area contributed by atoms with Gasteiger partial charge >= 0.3 is 6.03 Å². The number of nitrogens with zero attached hydrogens (tertiary/aromatic N) is 4. The average molecular weight is 616 g/mol. The Morgan fingerprint density at radius 1 is 1.02 bits per heavy atom. The predicted octanol–water partition coefficient (Wildman–Crippen LogP) is 2.47. The van der Waals surface area contributed by atoms with E-state index in [1.165, 1.54) is 52.2 Å². The van der Waals surface area contributed by atoms with Gasteiger partial charge in [-0.1, -0.05) is 54.6 Å². The summed E-state index contributed by atoms with van der Waals surface area (Å²) in [4.78, 5) is 43.9. The van der Waals surface area contributed by atoms with Gasteiger partial charge in [0.2, 0.25) is 17.7 Å². The van der Waals surface area contributed by atoms with Crippen LogP contribution in [-0.4, -0.2) is 93.6 Å². The normalized spacial score (nSPS) is 19.7. The van der Waals surface area contributed by atoms with Crippen LogP contribution in [-0.2, 0) is 29.1 Å². The van der Waals surface area contributed by atoms with Crippen molar-refractivity contribution in [2.75, 3.05) is 33.9 Å². The molecule has 3 N–H and O–H groups in total. The average Bonchev–Trinajstić information content (AvgIpc) is 3.31. The quantitative estimate of drug-likeness (QED) is 0.280. The molecule has 2 aliphatic rings. The summed E-state index contributed by atoms with van der Waals surface area (Å²) in [6.45, 7) is 3.45. The molecule has 0 spiro atoms. The second-order valence-corrected chi connectivity index (χ2v) is 10.9. The molecule has 2 atom stereocenters. The number of carbonyl (C=O) groups is 3. The molecule has 0 saturated carbocycles. The van der Waals surface area contributed by atoms with Crippen LogP contribution in [0.2, 0.25) is 0 Å². The molecule has 0 aromatic heterocycles. The summed E-state index contributed by atoms with van der Waals surface area (Å²) in [5.41, 5.74) is 2.26. The van der Waals surface area contributed by atoms with E-state index in [2.05, 4.69) is 11.9 Å². The van der Waals surface area contributed by atoms with Crippen LogP contribution in [0.5, 0.6) is 17.2 Å². The highest BCUT2D eigenvalue weighted by Gasteiger charge is 2.61. The molecule has 3 aromatic carbocycles. The Balaban J connectivity index is 1.49. The molecule has 12 heteroatoms. The third kappa shape index (κ3) is 6.42. The van der Waals surface area contributed by atoms with Gasteiger partial charge in [-0.15, -0.1) is 6.58 Å². The first-order valence-corrected chi connectivity index (χ1v) is 14.5. The number of carbonyl (C=O) groups excluding carboxylic acids is 3. The topological polar surface area (TPSA) is 135 Å². The monoisotopic (exact) mass is 615 g/mol. The lowest BCUT2D eigenvalue weighted by atomic mass is 9.99. The van der Waals surface area contributed by atoms with E-state index in [1.807, 2.05) is 30.3 Å². The number of hydrogen-bond acceptors (Lipinski definition) is 8. The van der Waals surface area contributed by atoms with Gasteiger partial charge < -0.3 is 29.9 Å². The van der Waals surface area contributed by atoms with E-state index in [0.29, 0.717) is 22.6 Å². The molecule has 2 aliphatic heterocycles. The number of hydrazine groups is 1. The molecule has 12 nitrogen and oxygen atoms in total. The molecular weight excluding hydrogens is 578 g/mol. The maximum absolute atomic E-state index is 14.1. The van der Waals surface area contributed by atoms with Gasteiger partial charge in [0.25, 0.3) is 0 Å². The number of methoxy groups -OCH3 is 2. The molecular formula is C33H37N5O7. The molecule has 0 aliphatic carbocycles. The number of phenolic OH excluding ortho intramolecular Hbond substituents is 1. The third-order valence-electron chi connectivity index (χ3n) is 7.97. The lowest BCUT2D eigenvalue weighted by Crippen LogP contribution is -2.73. The van der Waals surface area contributed by atoms with Crippen molar-refractivity contribution in [3.05, 3.63) is 102 Å². The van der Waals surface area contributed by atoms with Crippen molar-refractivity contribution in [1.29, 1.82) is 0 Å². The molecule has 0 bridgehead atoms. The number of urea groups is 1. The number of aromatic hydroxyl groups is 1.